The molecule has 2 aromatic carbocycles. The summed E-state index contributed by atoms with van der Waals surface area (Å²) in [4.78, 5) is 32.2. The Hall–Kier alpha value is -2.91. The molecule has 1 unspecified atom stereocenters. The maximum Gasteiger partial charge on any atom is 0.338 e. The Balaban J connectivity index is 1.68. The SMILES string of the molecule is CCOC(=O)C1=C(C)N=c2s/c(=C\c3cc(C)n(-c4ccc(Cl)c(Cl)c4)c3C)c(=O)n2C1c1ccc(Br)cc1. The van der Waals surface area contributed by atoms with Crippen molar-refractivity contribution in [1.29, 1.82) is 0 Å². The molecule has 4 aromatic rings. The van der Waals surface area contributed by atoms with Crippen LogP contribution in [0.3, 0.4) is 0 Å². The topological polar surface area (TPSA) is 65.6 Å². The highest BCUT2D eigenvalue weighted by atomic mass is 79.9. The standard InChI is InChI=1S/C29H24BrCl2N3O3S/c1-5-38-28(37)25-16(3)33-29-35(26(25)18-6-8-20(30)9-7-18)27(36)24(39-29)13-19-12-15(2)34(17(19)4)21-10-11-22(31)23(32)14-21/h6-14,26H,5H2,1-4H3/b24-13-. The predicted molar refractivity (Wildman–Crippen MR) is 160 cm³/mol. The number of esters is 1. The van der Waals surface area contributed by atoms with Gasteiger partial charge in [0.15, 0.2) is 4.80 Å². The molecule has 0 saturated carbocycles. The minimum absolute atomic E-state index is 0.222. The van der Waals surface area contributed by atoms with Gasteiger partial charge in [0, 0.05) is 21.5 Å². The molecule has 3 heterocycles. The van der Waals surface area contributed by atoms with Gasteiger partial charge < -0.3 is 9.30 Å². The lowest BCUT2D eigenvalue weighted by Gasteiger charge is -2.24. The molecular formula is C29H24BrCl2N3O3S. The van der Waals surface area contributed by atoms with Crippen LogP contribution in [0.2, 0.25) is 10.0 Å². The number of ether oxygens (including phenoxy) is 1. The van der Waals surface area contributed by atoms with Crippen LogP contribution < -0.4 is 14.9 Å². The summed E-state index contributed by atoms with van der Waals surface area (Å²) in [5.41, 5.74) is 5.17. The van der Waals surface area contributed by atoms with Crippen LogP contribution >= 0.6 is 50.5 Å². The van der Waals surface area contributed by atoms with E-state index in [0.29, 0.717) is 30.6 Å². The predicted octanol–water partition coefficient (Wildman–Crippen LogP) is 6.28. The zero-order chi connectivity index (χ0) is 28.0. The number of carbonyl (C=O) groups is 1. The van der Waals surface area contributed by atoms with Gasteiger partial charge in [-0.2, -0.15) is 0 Å². The number of carbonyl (C=O) groups excluding carboxylic acids is 1. The first-order valence-electron chi connectivity index (χ1n) is 12.2. The lowest BCUT2D eigenvalue weighted by atomic mass is 9.96. The summed E-state index contributed by atoms with van der Waals surface area (Å²) in [5.74, 6) is -0.480. The zero-order valence-electron chi connectivity index (χ0n) is 21.6. The number of hydrogen-bond donors (Lipinski definition) is 0. The number of aromatic nitrogens is 2. The molecule has 0 saturated heterocycles. The van der Waals surface area contributed by atoms with Gasteiger partial charge in [0.1, 0.15) is 0 Å². The number of hydrogen-bond acceptors (Lipinski definition) is 5. The second-order valence-corrected chi connectivity index (χ2v) is 11.9. The number of rotatable bonds is 5. The van der Waals surface area contributed by atoms with E-state index < -0.39 is 12.0 Å². The van der Waals surface area contributed by atoms with Crippen molar-refractivity contribution in [2.24, 2.45) is 4.99 Å². The van der Waals surface area contributed by atoms with Crippen LogP contribution in [0.25, 0.3) is 11.8 Å². The van der Waals surface area contributed by atoms with Gasteiger partial charge >= 0.3 is 5.97 Å². The van der Waals surface area contributed by atoms with Crippen LogP contribution in [-0.4, -0.2) is 21.7 Å². The maximum atomic E-state index is 13.9. The number of halogens is 3. The van der Waals surface area contributed by atoms with Gasteiger partial charge in [-0.1, -0.05) is 62.6 Å². The zero-order valence-corrected chi connectivity index (χ0v) is 25.5. The van der Waals surface area contributed by atoms with Crippen molar-refractivity contribution < 1.29 is 9.53 Å². The van der Waals surface area contributed by atoms with Gasteiger partial charge in [-0.3, -0.25) is 9.36 Å². The molecule has 200 valence electrons. The molecule has 0 aliphatic carbocycles. The Kier molecular flexibility index (Phi) is 7.75. The molecule has 1 atom stereocenters. The van der Waals surface area contributed by atoms with Crippen molar-refractivity contribution in [3.05, 3.63) is 117 Å². The van der Waals surface area contributed by atoms with E-state index in [1.807, 2.05) is 62.4 Å². The molecule has 2 aromatic heterocycles. The van der Waals surface area contributed by atoms with Crippen molar-refractivity contribution >= 4 is 62.5 Å². The fourth-order valence-electron chi connectivity index (χ4n) is 4.85. The minimum Gasteiger partial charge on any atom is -0.463 e. The quantitative estimate of drug-likeness (QED) is 0.240. The summed E-state index contributed by atoms with van der Waals surface area (Å²) >= 11 is 17.2. The summed E-state index contributed by atoms with van der Waals surface area (Å²) < 4.78 is 10.4. The monoisotopic (exact) mass is 643 g/mol. The molecular weight excluding hydrogens is 621 g/mol. The van der Waals surface area contributed by atoms with E-state index in [9.17, 15) is 9.59 Å². The fraction of sp³-hybridized carbons (Fsp3) is 0.207. The van der Waals surface area contributed by atoms with Crippen LogP contribution in [0.15, 0.2) is 74.1 Å². The molecule has 0 fully saturated rings. The Morgan fingerprint density at radius 1 is 1.10 bits per heavy atom. The largest absolute Gasteiger partial charge is 0.463 e. The van der Waals surface area contributed by atoms with Crippen molar-refractivity contribution in [2.45, 2.75) is 33.7 Å². The van der Waals surface area contributed by atoms with E-state index in [4.69, 9.17) is 27.9 Å². The highest BCUT2D eigenvalue weighted by Crippen LogP contribution is 2.32. The third-order valence-corrected chi connectivity index (χ3v) is 8.87. The van der Waals surface area contributed by atoms with E-state index >= 15 is 0 Å². The Morgan fingerprint density at radius 3 is 2.49 bits per heavy atom. The van der Waals surface area contributed by atoms with E-state index in [-0.39, 0.29) is 12.2 Å². The van der Waals surface area contributed by atoms with Gasteiger partial charge in [-0.05, 0) is 81.3 Å². The van der Waals surface area contributed by atoms with Crippen LogP contribution in [0.1, 0.15) is 42.4 Å². The number of nitrogens with zero attached hydrogens (tertiary/aromatic N) is 3. The number of allylic oxidation sites excluding steroid dienone is 1. The second kappa shape index (κ2) is 10.9. The first-order valence-corrected chi connectivity index (χ1v) is 14.6. The Bertz CT molecular complexity index is 1830. The summed E-state index contributed by atoms with van der Waals surface area (Å²) in [6, 6.07) is 14.4. The summed E-state index contributed by atoms with van der Waals surface area (Å²) in [6.07, 6.45) is 1.88. The number of benzene rings is 2. The second-order valence-electron chi connectivity index (χ2n) is 9.11. The van der Waals surface area contributed by atoms with Crippen LogP contribution in [-0.2, 0) is 9.53 Å². The van der Waals surface area contributed by atoms with Gasteiger partial charge in [-0.15, -0.1) is 0 Å². The van der Waals surface area contributed by atoms with Gasteiger partial charge in [0.25, 0.3) is 5.56 Å². The van der Waals surface area contributed by atoms with E-state index in [0.717, 1.165) is 32.7 Å². The van der Waals surface area contributed by atoms with E-state index in [2.05, 4.69) is 25.5 Å². The Labute approximate surface area is 247 Å². The average molecular weight is 645 g/mol. The summed E-state index contributed by atoms with van der Waals surface area (Å²) in [6.45, 7) is 7.75. The smallest absolute Gasteiger partial charge is 0.338 e. The molecule has 6 nitrogen and oxygen atoms in total. The molecule has 0 spiro atoms. The fourth-order valence-corrected chi connectivity index (χ4v) is 6.44. The third-order valence-electron chi connectivity index (χ3n) is 6.62. The van der Waals surface area contributed by atoms with Crippen LogP contribution in [0, 0.1) is 13.8 Å². The molecule has 0 bridgehead atoms. The van der Waals surface area contributed by atoms with Crippen molar-refractivity contribution in [2.75, 3.05) is 6.61 Å². The summed E-state index contributed by atoms with van der Waals surface area (Å²) in [7, 11) is 0. The van der Waals surface area contributed by atoms with Gasteiger partial charge in [0.05, 0.1) is 38.5 Å². The number of aryl methyl sites for hydroxylation is 1. The third kappa shape index (κ3) is 5.07. The van der Waals surface area contributed by atoms with E-state index in [1.165, 1.54) is 11.3 Å². The van der Waals surface area contributed by atoms with Crippen molar-refractivity contribution in [3.63, 3.8) is 0 Å². The highest BCUT2D eigenvalue weighted by molar-refractivity contribution is 9.10. The van der Waals surface area contributed by atoms with Crippen LogP contribution in [0.4, 0.5) is 0 Å². The summed E-state index contributed by atoms with van der Waals surface area (Å²) in [5, 5.41) is 0.958. The minimum atomic E-state index is -0.654. The molecule has 39 heavy (non-hydrogen) atoms. The molecule has 5 rings (SSSR count). The van der Waals surface area contributed by atoms with E-state index in [1.54, 1.807) is 24.5 Å². The van der Waals surface area contributed by atoms with Crippen molar-refractivity contribution in [3.8, 4) is 5.69 Å². The number of fused-ring (bicyclic) bond motifs is 1. The molecule has 0 N–H and O–H groups in total. The number of thiazole rings is 1. The maximum absolute atomic E-state index is 13.9. The average Bonchev–Trinajstić information content (AvgIpc) is 3.35. The molecule has 10 heteroatoms. The lowest BCUT2D eigenvalue weighted by Crippen LogP contribution is -2.39. The first kappa shape index (κ1) is 27.6. The lowest BCUT2D eigenvalue weighted by molar-refractivity contribution is -0.139. The highest BCUT2D eigenvalue weighted by Gasteiger charge is 2.33. The Morgan fingerprint density at radius 2 is 1.82 bits per heavy atom. The molecule has 0 radical (unpaired) electrons. The molecule has 1 aliphatic heterocycles. The van der Waals surface area contributed by atoms with Crippen LogP contribution in [0.5, 0.6) is 0 Å². The molecule has 1 aliphatic rings. The first-order chi connectivity index (χ1) is 18.6. The normalized spacial score (nSPS) is 15.4. The van der Waals surface area contributed by atoms with Gasteiger partial charge in [-0.25, -0.2) is 9.79 Å². The molecule has 0 amide bonds. The van der Waals surface area contributed by atoms with Crippen molar-refractivity contribution in [1.82, 2.24) is 9.13 Å². The van der Waals surface area contributed by atoms with Gasteiger partial charge in [0.2, 0.25) is 0 Å².